The maximum atomic E-state index is 13.7. The molecule has 1 unspecified atom stereocenters. The fourth-order valence-electron chi connectivity index (χ4n) is 1.48. The van der Waals surface area contributed by atoms with E-state index in [1.807, 2.05) is 0 Å². The van der Waals surface area contributed by atoms with Crippen LogP contribution in [0.4, 0.5) is 10.1 Å². The van der Waals surface area contributed by atoms with Gasteiger partial charge in [-0.1, -0.05) is 0 Å². The molecule has 0 fully saturated rings. The molecule has 96 valence electrons. The van der Waals surface area contributed by atoms with Crippen molar-refractivity contribution in [2.75, 3.05) is 17.7 Å². The summed E-state index contributed by atoms with van der Waals surface area (Å²) in [6.07, 6.45) is 1.59. The van der Waals surface area contributed by atoms with Crippen molar-refractivity contribution in [1.29, 1.82) is 0 Å². The second-order valence-electron chi connectivity index (χ2n) is 3.74. The molecule has 0 saturated carbocycles. The highest BCUT2D eigenvalue weighted by Gasteiger charge is 2.13. The van der Waals surface area contributed by atoms with Crippen LogP contribution >= 0.6 is 0 Å². The number of benzene rings is 1. The van der Waals surface area contributed by atoms with E-state index in [0.29, 0.717) is 23.8 Å². The first-order valence-electron chi connectivity index (χ1n) is 5.19. The van der Waals surface area contributed by atoms with Crippen LogP contribution in [0.3, 0.4) is 0 Å². The third kappa shape index (κ3) is 2.70. The van der Waals surface area contributed by atoms with Crippen molar-refractivity contribution in [1.82, 2.24) is 20.2 Å². The molecule has 18 heavy (non-hydrogen) atoms. The molecule has 6 nitrogen and oxygen atoms in total. The van der Waals surface area contributed by atoms with Crippen LogP contribution in [0.15, 0.2) is 18.2 Å². The van der Waals surface area contributed by atoms with Gasteiger partial charge in [-0.15, -0.1) is 5.10 Å². The van der Waals surface area contributed by atoms with Gasteiger partial charge in [0.2, 0.25) is 0 Å². The molecule has 1 heterocycles. The lowest BCUT2D eigenvalue weighted by atomic mass is 10.2. The monoisotopic (exact) mass is 269 g/mol. The summed E-state index contributed by atoms with van der Waals surface area (Å²) in [4.78, 5) is 0. The smallest absolute Gasteiger partial charge is 0.185 e. The van der Waals surface area contributed by atoms with E-state index in [2.05, 4.69) is 15.5 Å². The van der Waals surface area contributed by atoms with Crippen LogP contribution in [0.25, 0.3) is 11.4 Å². The van der Waals surface area contributed by atoms with Crippen molar-refractivity contribution in [2.24, 2.45) is 0 Å². The van der Waals surface area contributed by atoms with E-state index in [1.165, 1.54) is 16.8 Å². The Morgan fingerprint density at radius 3 is 2.94 bits per heavy atom. The van der Waals surface area contributed by atoms with Crippen LogP contribution in [0.1, 0.15) is 0 Å². The number of halogens is 1. The molecule has 2 N–H and O–H groups in total. The first-order valence-corrected chi connectivity index (χ1v) is 6.92. The Labute approximate surface area is 105 Å². The van der Waals surface area contributed by atoms with Crippen molar-refractivity contribution in [3.05, 3.63) is 24.0 Å². The van der Waals surface area contributed by atoms with Crippen molar-refractivity contribution in [2.45, 2.75) is 6.54 Å². The first-order chi connectivity index (χ1) is 8.58. The number of nitrogens with two attached hydrogens (primary N) is 1. The maximum Gasteiger partial charge on any atom is 0.185 e. The Bertz CT molecular complexity index is 585. The minimum absolute atomic E-state index is 0.274. The summed E-state index contributed by atoms with van der Waals surface area (Å²) in [5.74, 6) is 0.232. The highest BCUT2D eigenvalue weighted by molar-refractivity contribution is 7.84. The lowest BCUT2D eigenvalue weighted by molar-refractivity contribution is 0.612. The Balaban J connectivity index is 2.33. The molecule has 0 aliphatic rings. The van der Waals surface area contributed by atoms with E-state index in [0.717, 1.165) is 0 Å². The molecule has 2 aromatic rings. The predicted octanol–water partition coefficient (Wildman–Crippen LogP) is 0.440. The normalized spacial score (nSPS) is 12.6. The second-order valence-corrected chi connectivity index (χ2v) is 5.30. The Morgan fingerprint density at radius 1 is 1.50 bits per heavy atom. The minimum atomic E-state index is -0.954. The maximum absolute atomic E-state index is 13.7. The van der Waals surface area contributed by atoms with E-state index in [1.54, 1.807) is 12.3 Å². The standard InChI is InChI=1S/C10H12FN5OS/c1-18(17)5-4-16-10(13-14-15-16)8-3-2-7(12)6-9(8)11/h2-3,6H,4-5,12H2,1H3. The van der Waals surface area contributed by atoms with Gasteiger partial charge >= 0.3 is 0 Å². The molecule has 0 radical (unpaired) electrons. The average Bonchev–Trinajstić information content (AvgIpc) is 2.74. The molecule has 0 bridgehead atoms. The van der Waals surface area contributed by atoms with Crippen LogP contribution in [-0.2, 0) is 17.3 Å². The Kier molecular flexibility index (Phi) is 3.66. The highest BCUT2D eigenvalue weighted by Crippen LogP contribution is 2.21. The van der Waals surface area contributed by atoms with Gasteiger partial charge in [0.15, 0.2) is 5.82 Å². The van der Waals surface area contributed by atoms with Crippen LogP contribution in [-0.4, -0.2) is 36.4 Å². The van der Waals surface area contributed by atoms with Gasteiger partial charge in [-0.2, -0.15) is 0 Å². The zero-order valence-corrected chi connectivity index (χ0v) is 10.5. The fourth-order valence-corrected chi connectivity index (χ4v) is 1.91. The van der Waals surface area contributed by atoms with E-state index < -0.39 is 16.6 Å². The number of aromatic nitrogens is 4. The first kappa shape index (κ1) is 12.6. The molecule has 1 aromatic carbocycles. The van der Waals surface area contributed by atoms with E-state index in [-0.39, 0.29) is 5.56 Å². The third-order valence-electron chi connectivity index (χ3n) is 2.36. The zero-order chi connectivity index (χ0) is 13.1. The number of nitrogen functional groups attached to an aromatic ring is 1. The zero-order valence-electron chi connectivity index (χ0n) is 9.71. The van der Waals surface area contributed by atoms with Gasteiger partial charge in [0.25, 0.3) is 0 Å². The van der Waals surface area contributed by atoms with Gasteiger partial charge in [0.1, 0.15) is 5.82 Å². The number of rotatable bonds is 4. The quantitative estimate of drug-likeness (QED) is 0.814. The minimum Gasteiger partial charge on any atom is -0.399 e. The van der Waals surface area contributed by atoms with Gasteiger partial charge < -0.3 is 5.73 Å². The highest BCUT2D eigenvalue weighted by atomic mass is 32.2. The van der Waals surface area contributed by atoms with Gasteiger partial charge in [-0.25, -0.2) is 9.07 Å². The van der Waals surface area contributed by atoms with Gasteiger partial charge in [-0.3, -0.25) is 4.21 Å². The molecular weight excluding hydrogens is 257 g/mol. The molecule has 2 rings (SSSR count). The summed E-state index contributed by atoms with van der Waals surface area (Å²) in [5.41, 5.74) is 6.09. The summed E-state index contributed by atoms with van der Waals surface area (Å²) < 4.78 is 26.2. The van der Waals surface area contributed by atoms with Crippen LogP contribution in [0.5, 0.6) is 0 Å². The largest absolute Gasteiger partial charge is 0.399 e. The SMILES string of the molecule is CS(=O)CCn1nnnc1-c1ccc(N)cc1F. The van der Waals surface area contributed by atoms with Crippen LogP contribution in [0.2, 0.25) is 0 Å². The predicted molar refractivity (Wildman–Crippen MR) is 66.6 cm³/mol. The molecule has 0 spiro atoms. The van der Waals surface area contributed by atoms with Crippen molar-refractivity contribution in [3.63, 3.8) is 0 Å². The molecule has 0 aliphatic carbocycles. The van der Waals surface area contributed by atoms with Crippen molar-refractivity contribution < 1.29 is 8.60 Å². The lowest BCUT2D eigenvalue weighted by Gasteiger charge is -2.05. The lowest BCUT2D eigenvalue weighted by Crippen LogP contribution is -2.10. The fraction of sp³-hybridized carbons (Fsp3) is 0.300. The second kappa shape index (κ2) is 5.21. The topological polar surface area (TPSA) is 86.7 Å². The Morgan fingerprint density at radius 2 is 2.28 bits per heavy atom. The molecule has 8 heteroatoms. The summed E-state index contributed by atoms with van der Waals surface area (Å²) in [6.45, 7) is 0.370. The Hall–Kier alpha value is -1.83. The summed E-state index contributed by atoms with van der Waals surface area (Å²) in [7, 11) is -0.954. The van der Waals surface area contributed by atoms with E-state index in [4.69, 9.17) is 5.73 Å². The van der Waals surface area contributed by atoms with E-state index in [9.17, 15) is 8.60 Å². The molecule has 1 atom stereocenters. The number of nitrogens with zero attached hydrogens (tertiary/aromatic N) is 4. The molecule has 0 amide bonds. The molecule has 0 aliphatic heterocycles. The summed E-state index contributed by atoms with van der Waals surface area (Å²) in [5, 5.41) is 11.0. The van der Waals surface area contributed by atoms with Crippen LogP contribution < -0.4 is 5.73 Å². The number of tetrazole rings is 1. The van der Waals surface area contributed by atoms with Gasteiger partial charge in [0, 0.05) is 28.5 Å². The number of hydrogen-bond donors (Lipinski definition) is 1. The third-order valence-corrected chi connectivity index (χ3v) is 3.11. The number of aryl methyl sites for hydroxylation is 1. The van der Waals surface area contributed by atoms with Crippen LogP contribution in [0, 0.1) is 5.82 Å². The van der Waals surface area contributed by atoms with Gasteiger partial charge in [0.05, 0.1) is 12.1 Å². The molecule has 0 saturated heterocycles. The summed E-state index contributed by atoms with van der Waals surface area (Å²) >= 11 is 0. The average molecular weight is 269 g/mol. The van der Waals surface area contributed by atoms with Crippen molar-refractivity contribution >= 4 is 16.5 Å². The van der Waals surface area contributed by atoms with E-state index >= 15 is 0 Å². The van der Waals surface area contributed by atoms with Crippen molar-refractivity contribution in [3.8, 4) is 11.4 Å². The van der Waals surface area contributed by atoms with Gasteiger partial charge in [-0.05, 0) is 28.6 Å². The summed E-state index contributed by atoms with van der Waals surface area (Å²) in [6, 6.07) is 4.32. The molecular formula is C10H12FN5OS. The number of anilines is 1. The molecule has 1 aromatic heterocycles. The number of hydrogen-bond acceptors (Lipinski definition) is 5.